The summed E-state index contributed by atoms with van der Waals surface area (Å²) in [5.74, 6) is 0. The summed E-state index contributed by atoms with van der Waals surface area (Å²) in [7, 11) is 1.98. The lowest BCUT2D eigenvalue weighted by molar-refractivity contribution is 0.600. The van der Waals surface area contributed by atoms with Gasteiger partial charge in [0.05, 0.1) is 17.8 Å². The molecule has 1 atom stereocenters. The molecule has 0 aliphatic carbocycles. The van der Waals surface area contributed by atoms with Gasteiger partial charge in [0.15, 0.2) is 0 Å². The molecule has 21 heavy (non-hydrogen) atoms. The zero-order chi connectivity index (χ0) is 14.7. The minimum absolute atomic E-state index is 0.128. The molecule has 2 heterocycles. The highest BCUT2D eigenvalue weighted by Gasteiger charge is 2.16. The SMILES string of the molecule is CCCn1cc(C(NC)c2cccc3ncccc23)cn1. The molecule has 1 unspecified atom stereocenters. The maximum absolute atomic E-state index is 4.44. The second kappa shape index (κ2) is 6.06. The zero-order valence-electron chi connectivity index (χ0n) is 12.5. The predicted octanol–water partition coefficient (Wildman–Crippen LogP) is 3.15. The van der Waals surface area contributed by atoms with Gasteiger partial charge >= 0.3 is 0 Å². The van der Waals surface area contributed by atoms with E-state index in [1.165, 1.54) is 16.5 Å². The first-order valence-corrected chi connectivity index (χ1v) is 7.36. The van der Waals surface area contributed by atoms with Gasteiger partial charge in [-0.1, -0.05) is 25.1 Å². The summed E-state index contributed by atoms with van der Waals surface area (Å²) in [6.45, 7) is 3.11. The van der Waals surface area contributed by atoms with Gasteiger partial charge in [-0.3, -0.25) is 9.67 Å². The molecule has 4 heteroatoms. The van der Waals surface area contributed by atoms with E-state index in [4.69, 9.17) is 0 Å². The van der Waals surface area contributed by atoms with E-state index in [2.05, 4.69) is 46.7 Å². The van der Waals surface area contributed by atoms with Crippen molar-refractivity contribution in [2.45, 2.75) is 25.9 Å². The molecule has 0 amide bonds. The van der Waals surface area contributed by atoms with Crippen LogP contribution in [0.2, 0.25) is 0 Å². The van der Waals surface area contributed by atoms with Crippen LogP contribution >= 0.6 is 0 Å². The highest BCUT2D eigenvalue weighted by Crippen LogP contribution is 2.27. The predicted molar refractivity (Wildman–Crippen MR) is 85.2 cm³/mol. The lowest BCUT2D eigenvalue weighted by Gasteiger charge is -2.17. The number of pyridine rings is 1. The topological polar surface area (TPSA) is 42.7 Å². The Labute approximate surface area is 124 Å². The van der Waals surface area contributed by atoms with Gasteiger partial charge < -0.3 is 5.32 Å². The summed E-state index contributed by atoms with van der Waals surface area (Å²) in [4.78, 5) is 4.44. The molecule has 3 aromatic rings. The maximum Gasteiger partial charge on any atom is 0.0705 e. The second-order valence-corrected chi connectivity index (χ2v) is 5.18. The quantitative estimate of drug-likeness (QED) is 0.780. The molecule has 2 aromatic heterocycles. The molecule has 1 aromatic carbocycles. The fraction of sp³-hybridized carbons (Fsp3) is 0.294. The van der Waals surface area contributed by atoms with Gasteiger partial charge in [0.2, 0.25) is 0 Å². The van der Waals surface area contributed by atoms with E-state index in [-0.39, 0.29) is 6.04 Å². The first kappa shape index (κ1) is 13.8. The highest BCUT2D eigenvalue weighted by atomic mass is 15.3. The molecule has 4 nitrogen and oxygen atoms in total. The Morgan fingerprint density at radius 2 is 2.14 bits per heavy atom. The summed E-state index contributed by atoms with van der Waals surface area (Å²) in [6.07, 6.45) is 7.00. The molecule has 0 saturated heterocycles. The monoisotopic (exact) mass is 280 g/mol. The van der Waals surface area contributed by atoms with Crippen LogP contribution < -0.4 is 5.32 Å². The van der Waals surface area contributed by atoms with Crippen molar-refractivity contribution in [1.29, 1.82) is 0 Å². The van der Waals surface area contributed by atoms with Gasteiger partial charge in [0.1, 0.15) is 0 Å². The minimum atomic E-state index is 0.128. The number of aryl methyl sites for hydroxylation is 1. The molecule has 0 bridgehead atoms. The van der Waals surface area contributed by atoms with Crippen LogP contribution in [0.3, 0.4) is 0 Å². The molecule has 0 fully saturated rings. The molecule has 0 aliphatic heterocycles. The molecule has 0 saturated carbocycles. The molecule has 0 spiro atoms. The number of nitrogens with one attached hydrogen (secondary N) is 1. The van der Waals surface area contributed by atoms with Gasteiger partial charge in [0.25, 0.3) is 0 Å². The van der Waals surface area contributed by atoms with E-state index in [1.54, 1.807) is 0 Å². The maximum atomic E-state index is 4.44. The van der Waals surface area contributed by atoms with Crippen LogP contribution in [-0.2, 0) is 6.54 Å². The van der Waals surface area contributed by atoms with E-state index < -0.39 is 0 Å². The number of hydrogen-bond donors (Lipinski definition) is 1. The molecular formula is C17H20N4. The summed E-state index contributed by atoms with van der Waals surface area (Å²) in [5.41, 5.74) is 3.44. The first-order valence-electron chi connectivity index (χ1n) is 7.36. The van der Waals surface area contributed by atoms with Crippen LogP contribution in [0.5, 0.6) is 0 Å². The Bertz CT molecular complexity index is 727. The van der Waals surface area contributed by atoms with Crippen molar-refractivity contribution in [3.05, 3.63) is 60.0 Å². The van der Waals surface area contributed by atoms with Crippen molar-refractivity contribution in [3.63, 3.8) is 0 Å². The Morgan fingerprint density at radius 3 is 2.95 bits per heavy atom. The van der Waals surface area contributed by atoms with E-state index >= 15 is 0 Å². The van der Waals surface area contributed by atoms with Gasteiger partial charge in [-0.2, -0.15) is 5.10 Å². The number of aromatic nitrogens is 3. The van der Waals surface area contributed by atoms with Crippen LogP contribution in [-0.4, -0.2) is 21.8 Å². The minimum Gasteiger partial charge on any atom is -0.309 e. The normalized spacial score (nSPS) is 12.7. The van der Waals surface area contributed by atoms with Crippen molar-refractivity contribution < 1.29 is 0 Å². The molecule has 108 valence electrons. The van der Waals surface area contributed by atoms with E-state index in [0.29, 0.717) is 0 Å². The first-order chi connectivity index (χ1) is 10.3. The average molecular weight is 280 g/mol. The van der Waals surface area contributed by atoms with Crippen molar-refractivity contribution in [2.75, 3.05) is 7.05 Å². The molecule has 3 rings (SSSR count). The lowest BCUT2D eigenvalue weighted by atomic mass is 9.97. The van der Waals surface area contributed by atoms with Crippen molar-refractivity contribution >= 4 is 10.9 Å². The van der Waals surface area contributed by atoms with Crippen LogP contribution in [0.1, 0.15) is 30.5 Å². The smallest absolute Gasteiger partial charge is 0.0705 e. The van der Waals surface area contributed by atoms with Gasteiger partial charge in [-0.05, 0) is 31.2 Å². The molecule has 0 aliphatic rings. The molecule has 0 radical (unpaired) electrons. The van der Waals surface area contributed by atoms with Gasteiger partial charge in [0, 0.05) is 29.9 Å². The van der Waals surface area contributed by atoms with Gasteiger partial charge in [-0.25, -0.2) is 0 Å². The lowest BCUT2D eigenvalue weighted by Crippen LogP contribution is -2.17. The fourth-order valence-corrected chi connectivity index (χ4v) is 2.76. The number of hydrogen-bond acceptors (Lipinski definition) is 3. The fourth-order valence-electron chi connectivity index (χ4n) is 2.76. The van der Waals surface area contributed by atoms with E-state index in [0.717, 1.165) is 18.5 Å². The zero-order valence-corrected chi connectivity index (χ0v) is 12.5. The highest BCUT2D eigenvalue weighted by molar-refractivity contribution is 5.82. The average Bonchev–Trinajstić information content (AvgIpc) is 2.97. The third-order valence-corrected chi connectivity index (χ3v) is 3.72. The van der Waals surface area contributed by atoms with Crippen molar-refractivity contribution in [2.24, 2.45) is 0 Å². The number of fused-ring (bicyclic) bond motifs is 1. The number of benzene rings is 1. The van der Waals surface area contributed by atoms with Crippen LogP contribution in [0.4, 0.5) is 0 Å². The van der Waals surface area contributed by atoms with E-state index in [9.17, 15) is 0 Å². The van der Waals surface area contributed by atoms with Crippen LogP contribution in [0, 0.1) is 0 Å². The molecular weight excluding hydrogens is 260 g/mol. The summed E-state index contributed by atoms with van der Waals surface area (Å²) in [6, 6.07) is 10.5. The number of nitrogens with zero attached hydrogens (tertiary/aromatic N) is 3. The van der Waals surface area contributed by atoms with Crippen LogP contribution in [0.25, 0.3) is 10.9 Å². The Kier molecular flexibility index (Phi) is 3.97. The van der Waals surface area contributed by atoms with Crippen molar-refractivity contribution in [1.82, 2.24) is 20.1 Å². The third-order valence-electron chi connectivity index (χ3n) is 3.72. The van der Waals surface area contributed by atoms with Gasteiger partial charge in [-0.15, -0.1) is 0 Å². The standard InChI is InChI=1S/C17H20N4/c1-3-10-21-12-13(11-20-21)17(18-2)15-6-4-8-16-14(15)7-5-9-19-16/h4-9,11-12,17-18H,3,10H2,1-2H3. The Balaban J connectivity index is 2.05. The Morgan fingerprint density at radius 1 is 1.24 bits per heavy atom. The summed E-state index contributed by atoms with van der Waals surface area (Å²) in [5, 5.41) is 9.03. The second-order valence-electron chi connectivity index (χ2n) is 5.18. The molecule has 1 N–H and O–H groups in total. The summed E-state index contributed by atoms with van der Waals surface area (Å²) >= 11 is 0. The van der Waals surface area contributed by atoms with Crippen molar-refractivity contribution in [3.8, 4) is 0 Å². The number of rotatable bonds is 5. The summed E-state index contributed by atoms with van der Waals surface area (Å²) < 4.78 is 2.00. The largest absolute Gasteiger partial charge is 0.309 e. The van der Waals surface area contributed by atoms with E-state index in [1.807, 2.05) is 36.3 Å². The van der Waals surface area contributed by atoms with Crippen LogP contribution in [0.15, 0.2) is 48.9 Å². The third kappa shape index (κ3) is 2.67. The Hall–Kier alpha value is -2.20.